The van der Waals surface area contributed by atoms with Crippen molar-refractivity contribution in [3.63, 3.8) is 0 Å². The molecule has 1 aromatic carbocycles. The SMILES string of the molecule is Cc1cc(C)c(Nc2nnc(SCc3nc(N)nc(N(C)C)n3)s2)c(Cl)c1. The van der Waals surface area contributed by atoms with Crippen molar-refractivity contribution in [1.82, 2.24) is 25.1 Å². The van der Waals surface area contributed by atoms with E-state index in [4.69, 9.17) is 17.3 Å². The van der Waals surface area contributed by atoms with Gasteiger partial charge in [0.1, 0.15) is 5.82 Å². The summed E-state index contributed by atoms with van der Waals surface area (Å²) in [5.41, 5.74) is 8.77. The van der Waals surface area contributed by atoms with Gasteiger partial charge in [-0.15, -0.1) is 10.2 Å². The number of nitrogens with zero attached hydrogens (tertiary/aromatic N) is 6. The highest BCUT2D eigenvalue weighted by Gasteiger charge is 2.12. The number of anilines is 4. The van der Waals surface area contributed by atoms with Crippen LogP contribution in [0, 0.1) is 13.8 Å². The second-order valence-corrected chi connectivity index (χ2v) is 8.64. The molecule has 27 heavy (non-hydrogen) atoms. The molecule has 0 saturated heterocycles. The fourth-order valence-electron chi connectivity index (χ4n) is 2.32. The molecular formula is C16H19ClN8S2. The number of nitrogen functional groups attached to an aromatic ring is 1. The van der Waals surface area contributed by atoms with E-state index in [0.717, 1.165) is 21.2 Å². The maximum atomic E-state index is 6.34. The predicted octanol–water partition coefficient (Wildman–Crippen LogP) is 3.68. The molecule has 0 amide bonds. The number of hydrogen-bond donors (Lipinski definition) is 2. The first-order valence-electron chi connectivity index (χ1n) is 7.99. The first-order valence-corrected chi connectivity index (χ1v) is 10.2. The standard InChI is InChI=1S/C16H19ClN8S2/c1-8-5-9(2)12(10(17)6-8)21-15-23-24-16(27-15)26-7-11-19-13(18)22-14(20-11)25(3)4/h5-6H,7H2,1-4H3,(H,21,23)(H2,18,19,20,22). The molecule has 2 aromatic heterocycles. The number of thioether (sulfide) groups is 1. The van der Waals surface area contributed by atoms with Gasteiger partial charge in [-0.25, -0.2) is 0 Å². The molecule has 0 spiro atoms. The van der Waals surface area contributed by atoms with Crippen molar-refractivity contribution >= 4 is 57.4 Å². The zero-order valence-corrected chi connectivity index (χ0v) is 17.7. The molecule has 0 atom stereocenters. The Morgan fingerprint density at radius 3 is 2.67 bits per heavy atom. The zero-order chi connectivity index (χ0) is 19.6. The average molecular weight is 423 g/mol. The number of benzene rings is 1. The van der Waals surface area contributed by atoms with E-state index in [1.165, 1.54) is 23.1 Å². The van der Waals surface area contributed by atoms with Gasteiger partial charge in [-0.2, -0.15) is 15.0 Å². The molecule has 3 rings (SSSR count). The van der Waals surface area contributed by atoms with E-state index < -0.39 is 0 Å². The zero-order valence-electron chi connectivity index (χ0n) is 15.3. The number of rotatable bonds is 6. The number of halogens is 1. The van der Waals surface area contributed by atoms with Crippen LogP contribution in [0.3, 0.4) is 0 Å². The summed E-state index contributed by atoms with van der Waals surface area (Å²) in [5, 5.41) is 13.0. The number of nitrogens with one attached hydrogen (secondary N) is 1. The Hall–Kier alpha value is -2.17. The topological polar surface area (TPSA) is 106 Å². The average Bonchev–Trinajstić information content (AvgIpc) is 3.03. The normalized spacial score (nSPS) is 10.9. The Balaban J connectivity index is 1.69. The highest BCUT2D eigenvalue weighted by Crippen LogP contribution is 2.34. The van der Waals surface area contributed by atoms with E-state index in [9.17, 15) is 0 Å². The minimum atomic E-state index is 0.202. The molecule has 2 heterocycles. The molecule has 0 bridgehead atoms. The van der Waals surface area contributed by atoms with Crippen LogP contribution in [0.4, 0.5) is 22.7 Å². The molecule has 0 radical (unpaired) electrons. The van der Waals surface area contributed by atoms with E-state index in [0.29, 0.717) is 27.7 Å². The van der Waals surface area contributed by atoms with Crippen LogP contribution in [0.5, 0.6) is 0 Å². The third kappa shape index (κ3) is 4.96. The number of aromatic nitrogens is 5. The lowest BCUT2D eigenvalue weighted by Crippen LogP contribution is -2.15. The largest absolute Gasteiger partial charge is 0.368 e. The smallest absolute Gasteiger partial charge is 0.229 e. The van der Waals surface area contributed by atoms with Crippen LogP contribution in [-0.4, -0.2) is 39.2 Å². The Kier molecular flexibility index (Phi) is 5.98. The molecule has 0 unspecified atom stereocenters. The fraction of sp³-hybridized carbons (Fsp3) is 0.312. The van der Waals surface area contributed by atoms with Gasteiger partial charge in [0.05, 0.1) is 16.5 Å². The fourth-order valence-corrected chi connectivity index (χ4v) is 4.30. The number of nitrogens with two attached hydrogens (primary N) is 1. The molecule has 0 fully saturated rings. The summed E-state index contributed by atoms with van der Waals surface area (Å²) in [6.07, 6.45) is 0. The van der Waals surface area contributed by atoms with Gasteiger partial charge in [0.15, 0.2) is 4.34 Å². The Morgan fingerprint density at radius 1 is 1.19 bits per heavy atom. The lowest BCUT2D eigenvalue weighted by atomic mass is 10.1. The molecule has 142 valence electrons. The van der Waals surface area contributed by atoms with Crippen LogP contribution >= 0.6 is 34.7 Å². The summed E-state index contributed by atoms with van der Waals surface area (Å²) in [4.78, 5) is 14.4. The molecular weight excluding hydrogens is 404 g/mol. The maximum absolute atomic E-state index is 6.34. The summed E-state index contributed by atoms with van der Waals surface area (Å²) >= 11 is 9.27. The summed E-state index contributed by atoms with van der Waals surface area (Å²) in [6, 6.07) is 3.99. The number of aryl methyl sites for hydroxylation is 2. The third-order valence-corrected chi connectivity index (χ3v) is 5.75. The van der Waals surface area contributed by atoms with Gasteiger partial charge >= 0.3 is 0 Å². The molecule has 3 N–H and O–H groups in total. The first kappa shape index (κ1) is 19.6. The molecule has 3 aromatic rings. The summed E-state index contributed by atoms with van der Waals surface area (Å²) < 4.78 is 0.795. The van der Waals surface area contributed by atoms with Gasteiger partial charge in [-0.3, -0.25) is 0 Å². The number of hydrogen-bond acceptors (Lipinski definition) is 10. The molecule has 0 saturated carbocycles. The van der Waals surface area contributed by atoms with Crippen molar-refractivity contribution in [1.29, 1.82) is 0 Å². The van der Waals surface area contributed by atoms with Crippen molar-refractivity contribution < 1.29 is 0 Å². The van der Waals surface area contributed by atoms with Crippen LogP contribution in [-0.2, 0) is 5.75 Å². The van der Waals surface area contributed by atoms with Crippen molar-refractivity contribution in [3.8, 4) is 0 Å². The van der Waals surface area contributed by atoms with Crippen molar-refractivity contribution in [3.05, 3.63) is 34.1 Å². The third-order valence-electron chi connectivity index (χ3n) is 3.48. The highest BCUT2D eigenvalue weighted by molar-refractivity contribution is 8.00. The second-order valence-electron chi connectivity index (χ2n) is 6.03. The molecule has 0 aliphatic rings. The predicted molar refractivity (Wildman–Crippen MR) is 112 cm³/mol. The quantitative estimate of drug-likeness (QED) is 0.575. The lowest BCUT2D eigenvalue weighted by molar-refractivity contribution is 0.918. The highest BCUT2D eigenvalue weighted by atomic mass is 35.5. The summed E-state index contributed by atoms with van der Waals surface area (Å²) in [5.74, 6) is 1.85. The van der Waals surface area contributed by atoms with Crippen LogP contribution in [0.25, 0.3) is 0 Å². The van der Waals surface area contributed by atoms with Gasteiger partial charge in [-0.1, -0.05) is 40.8 Å². The maximum Gasteiger partial charge on any atom is 0.229 e. The monoisotopic (exact) mass is 422 g/mol. The van der Waals surface area contributed by atoms with E-state index in [-0.39, 0.29) is 5.95 Å². The van der Waals surface area contributed by atoms with E-state index in [1.807, 2.05) is 34.0 Å². The van der Waals surface area contributed by atoms with Crippen LogP contribution < -0.4 is 16.0 Å². The van der Waals surface area contributed by atoms with Gasteiger partial charge < -0.3 is 16.0 Å². The minimum absolute atomic E-state index is 0.202. The van der Waals surface area contributed by atoms with Gasteiger partial charge in [0.2, 0.25) is 17.0 Å². The van der Waals surface area contributed by atoms with E-state index >= 15 is 0 Å². The van der Waals surface area contributed by atoms with E-state index in [1.54, 1.807) is 4.90 Å². The Morgan fingerprint density at radius 2 is 1.96 bits per heavy atom. The van der Waals surface area contributed by atoms with Crippen LogP contribution in [0.15, 0.2) is 16.5 Å². The van der Waals surface area contributed by atoms with Crippen molar-refractivity contribution in [2.24, 2.45) is 0 Å². The molecule has 0 aliphatic carbocycles. The van der Waals surface area contributed by atoms with Gasteiger partial charge in [0, 0.05) is 14.1 Å². The Labute approximate surface area is 170 Å². The van der Waals surface area contributed by atoms with Crippen LogP contribution in [0.1, 0.15) is 17.0 Å². The van der Waals surface area contributed by atoms with Crippen LogP contribution in [0.2, 0.25) is 5.02 Å². The molecule has 11 heteroatoms. The minimum Gasteiger partial charge on any atom is -0.368 e. The lowest BCUT2D eigenvalue weighted by Gasteiger charge is -2.10. The summed E-state index contributed by atoms with van der Waals surface area (Å²) in [7, 11) is 3.71. The molecule has 8 nitrogen and oxygen atoms in total. The van der Waals surface area contributed by atoms with Crippen molar-refractivity contribution in [2.45, 2.75) is 23.9 Å². The van der Waals surface area contributed by atoms with Crippen molar-refractivity contribution in [2.75, 3.05) is 30.0 Å². The molecule has 0 aliphatic heterocycles. The van der Waals surface area contributed by atoms with E-state index in [2.05, 4.69) is 36.5 Å². The second kappa shape index (κ2) is 8.24. The Bertz CT molecular complexity index is 936. The first-order chi connectivity index (χ1) is 12.8. The van der Waals surface area contributed by atoms with Gasteiger partial charge in [-0.05, 0) is 31.0 Å². The van der Waals surface area contributed by atoms with Gasteiger partial charge in [0.25, 0.3) is 0 Å². The summed E-state index contributed by atoms with van der Waals surface area (Å²) in [6.45, 7) is 4.02.